The fourth-order valence-corrected chi connectivity index (χ4v) is 6.18. The molecule has 2 aromatic rings. The summed E-state index contributed by atoms with van der Waals surface area (Å²) in [6.45, 7) is 7.41. The maximum Gasteiger partial charge on any atom is 0.251 e. The molecule has 0 spiro atoms. The molecule has 4 heterocycles. The third-order valence-electron chi connectivity index (χ3n) is 7.42. The van der Waals surface area contributed by atoms with Crippen molar-refractivity contribution in [1.82, 2.24) is 20.1 Å². The van der Waals surface area contributed by atoms with E-state index in [0.717, 1.165) is 42.6 Å². The quantitative estimate of drug-likeness (QED) is 0.481. The number of rotatable bonds is 7. The maximum absolute atomic E-state index is 14.4. The van der Waals surface area contributed by atoms with E-state index in [-0.39, 0.29) is 78.8 Å². The van der Waals surface area contributed by atoms with Crippen LogP contribution >= 0.6 is 65.3 Å². The Morgan fingerprint density at radius 2 is 1.74 bits per heavy atom. The van der Waals surface area contributed by atoms with Gasteiger partial charge in [-0.15, -0.1) is 11.3 Å². The molecule has 3 fully saturated rings. The molecule has 0 bridgehead atoms. The Morgan fingerprint density at radius 3 is 2.36 bits per heavy atom. The lowest BCUT2D eigenvalue weighted by Gasteiger charge is -2.32. The van der Waals surface area contributed by atoms with Crippen LogP contribution in [0.1, 0.15) is 30.6 Å². The number of anilines is 1. The van der Waals surface area contributed by atoms with E-state index < -0.39 is 36.2 Å². The third kappa shape index (κ3) is 8.36. The lowest BCUT2D eigenvalue weighted by atomic mass is 10.0. The second-order valence-electron chi connectivity index (χ2n) is 10.7. The van der Waals surface area contributed by atoms with E-state index in [1.807, 2.05) is 31.4 Å². The zero-order valence-electron chi connectivity index (χ0n) is 23.9. The zero-order valence-corrected chi connectivity index (χ0v) is 28.7. The van der Waals surface area contributed by atoms with Crippen LogP contribution in [0.4, 0.5) is 9.52 Å². The van der Waals surface area contributed by atoms with Crippen LogP contribution in [0.25, 0.3) is 11.3 Å². The number of ether oxygens (including phenoxy) is 1. The molecule has 0 unspecified atom stereocenters. The number of ketones is 1. The van der Waals surface area contributed by atoms with Crippen LogP contribution in [0.15, 0.2) is 29.6 Å². The van der Waals surface area contributed by atoms with Crippen molar-refractivity contribution in [3.8, 4) is 11.3 Å². The van der Waals surface area contributed by atoms with Crippen molar-refractivity contribution < 1.29 is 23.5 Å². The number of hydrogen-bond acceptors (Lipinski definition) is 8. The lowest BCUT2D eigenvalue weighted by Crippen LogP contribution is -2.52. The number of carbonyl (C=O) groups is 3. The van der Waals surface area contributed by atoms with E-state index in [0.29, 0.717) is 12.0 Å². The lowest BCUT2D eigenvalue weighted by molar-refractivity contribution is -0.138. The first-order valence-electron chi connectivity index (χ1n) is 13.1. The predicted molar refractivity (Wildman–Crippen MR) is 185 cm³/mol. The van der Waals surface area contributed by atoms with Crippen LogP contribution in [0.5, 0.6) is 0 Å². The molecular weight excluding hydrogens is 638 g/mol. The fraction of sp³-hybridized carbons (Fsp3) is 0.556. The summed E-state index contributed by atoms with van der Waals surface area (Å²) in [6, 6.07) is 5.35. The molecule has 5 rings (SSSR count). The molecule has 1 aromatic carbocycles. The van der Waals surface area contributed by atoms with Crippen molar-refractivity contribution in [2.75, 3.05) is 51.3 Å². The van der Waals surface area contributed by atoms with Crippen LogP contribution in [-0.2, 0) is 14.3 Å². The zero-order chi connectivity index (χ0) is 27.0. The van der Waals surface area contributed by atoms with Crippen molar-refractivity contribution in [2.24, 2.45) is 5.92 Å². The highest BCUT2D eigenvalue weighted by Crippen LogP contribution is 2.31. The van der Waals surface area contributed by atoms with Gasteiger partial charge in [-0.1, -0.05) is 26.0 Å². The highest BCUT2D eigenvalue weighted by Gasteiger charge is 2.53. The molecule has 0 saturated carbocycles. The molecule has 3 saturated heterocycles. The highest BCUT2D eigenvalue weighted by atomic mass is 32.1. The summed E-state index contributed by atoms with van der Waals surface area (Å²) < 4.78 is 19.7. The molecule has 15 heteroatoms. The molecule has 3 aliphatic rings. The summed E-state index contributed by atoms with van der Waals surface area (Å²) in [7, 11) is 2.12. The molecule has 9 nitrogen and oxygen atoms in total. The molecule has 3 aliphatic heterocycles. The van der Waals surface area contributed by atoms with Crippen molar-refractivity contribution >= 4 is 88.0 Å². The average Bonchev–Trinajstić information content (AvgIpc) is 3.62. The Morgan fingerprint density at radius 1 is 1.10 bits per heavy atom. The van der Waals surface area contributed by atoms with Gasteiger partial charge in [-0.25, -0.2) is 9.37 Å². The summed E-state index contributed by atoms with van der Waals surface area (Å²) in [6.07, 6.45) is -1.96. The van der Waals surface area contributed by atoms with E-state index in [2.05, 4.69) is 22.2 Å². The highest BCUT2D eigenvalue weighted by molar-refractivity contribution is 7.59. The van der Waals surface area contributed by atoms with Gasteiger partial charge in [0.05, 0.1) is 12.2 Å². The molecule has 4 atom stereocenters. The minimum atomic E-state index is -1.42. The number of thiazole rings is 1. The van der Waals surface area contributed by atoms with Crippen LogP contribution in [0.3, 0.4) is 0 Å². The van der Waals surface area contributed by atoms with E-state index in [4.69, 9.17) is 9.72 Å². The van der Waals surface area contributed by atoms with E-state index in [9.17, 15) is 18.8 Å². The summed E-state index contributed by atoms with van der Waals surface area (Å²) in [4.78, 5) is 49.4. The summed E-state index contributed by atoms with van der Waals surface area (Å²) in [5.41, 5.74) is 2.18. The second-order valence-corrected chi connectivity index (χ2v) is 11.6. The summed E-state index contributed by atoms with van der Waals surface area (Å²) in [5, 5.41) is 5.85. The number of fused-ring (bicyclic) bond motifs is 1. The van der Waals surface area contributed by atoms with Gasteiger partial charge < -0.3 is 24.8 Å². The Bertz CT molecular complexity index is 1200. The van der Waals surface area contributed by atoms with Crippen LogP contribution < -0.4 is 10.2 Å². The number of nitrogens with zero attached hydrogens (tertiary/aromatic N) is 4. The maximum atomic E-state index is 14.4. The number of alkyl halides is 1. The average molecular weight is 680 g/mol. The molecular formula is C27H42FN5O4S5. The van der Waals surface area contributed by atoms with Gasteiger partial charge in [-0.2, -0.15) is 54.0 Å². The monoisotopic (exact) mass is 679 g/mol. The Hall–Kier alpha value is -1.49. The third-order valence-corrected chi connectivity index (χ3v) is 8.33. The first kappa shape index (κ1) is 38.5. The topological polar surface area (TPSA) is 95.1 Å². The Kier molecular flexibility index (Phi) is 15.2. The van der Waals surface area contributed by atoms with Crippen LogP contribution in [-0.4, -0.2) is 103 Å². The molecule has 0 radical (unpaired) electrons. The first-order valence-corrected chi connectivity index (χ1v) is 14.0. The number of nitrogens with one attached hydrogen (secondary N) is 1. The standard InChI is InChI=1S/C27H34FN5O4S.4H2S/c1-16(2)12-20(26(36)33-13-19(28)24-23(33)22(34)14-37-24)29-25(35)18-6-4-17(5-7-18)21-15-38-27(30-21)32-10-8-31(3)9-11-32;;;;/h4-7,15-16,19-20,23-24H,8-14H2,1-3H3,(H,29,35);4*1H2/t19-,20+,23-,24-;;;;/m1..../s1. The largest absolute Gasteiger partial charge is 0.365 e. The number of benzene rings is 1. The second kappa shape index (κ2) is 16.5. The van der Waals surface area contributed by atoms with Gasteiger partial charge in [0, 0.05) is 42.7 Å². The van der Waals surface area contributed by atoms with Crippen molar-refractivity contribution in [2.45, 2.75) is 44.6 Å². The number of likely N-dealkylation sites (N-methyl/N-ethyl adjacent to an activating group) is 1. The number of hydrogen-bond donors (Lipinski definition) is 1. The molecule has 2 amide bonds. The minimum absolute atomic E-state index is 0. The van der Waals surface area contributed by atoms with Gasteiger partial charge in [0.1, 0.15) is 31.0 Å². The molecule has 42 heavy (non-hydrogen) atoms. The van der Waals surface area contributed by atoms with Gasteiger partial charge in [0.2, 0.25) is 5.91 Å². The number of carbonyl (C=O) groups excluding carboxylic acids is 3. The van der Waals surface area contributed by atoms with Crippen molar-refractivity contribution in [3.05, 3.63) is 35.2 Å². The van der Waals surface area contributed by atoms with Gasteiger partial charge in [0.25, 0.3) is 5.91 Å². The van der Waals surface area contributed by atoms with Crippen LogP contribution in [0, 0.1) is 5.92 Å². The van der Waals surface area contributed by atoms with Crippen molar-refractivity contribution in [1.29, 1.82) is 0 Å². The van der Waals surface area contributed by atoms with Gasteiger partial charge >= 0.3 is 0 Å². The van der Waals surface area contributed by atoms with Gasteiger partial charge in [-0.05, 0) is 31.5 Å². The Balaban J connectivity index is 0.00000220. The van der Waals surface area contributed by atoms with E-state index in [1.54, 1.807) is 23.5 Å². The molecule has 0 aliphatic carbocycles. The fourth-order valence-electron chi connectivity index (χ4n) is 5.29. The molecule has 1 N–H and O–H groups in total. The first-order chi connectivity index (χ1) is 18.2. The number of likely N-dealkylation sites (tertiary alicyclic amines) is 1. The SMILES string of the molecule is CC(C)C[C@H](NC(=O)c1ccc(-c2csc(N3CCN(C)CC3)n2)cc1)C(=O)N1C[C@@H](F)[C@H]2OCC(=O)[C@H]21.S.S.S.S. The normalized spacial score (nSPS) is 22.3. The number of aromatic nitrogens is 1. The number of Topliss-reactive ketones (excluding diaryl/α,β-unsaturated/α-hetero) is 1. The predicted octanol–water partition coefficient (Wildman–Crippen LogP) is 2.67. The van der Waals surface area contributed by atoms with Gasteiger partial charge in [0.15, 0.2) is 10.9 Å². The van der Waals surface area contributed by atoms with E-state index in [1.165, 1.54) is 4.90 Å². The summed E-state index contributed by atoms with van der Waals surface area (Å²) in [5.74, 6) is -1.04. The number of piperazine rings is 1. The van der Waals surface area contributed by atoms with Crippen molar-refractivity contribution in [3.63, 3.8) is 0 Å². The number of halogens is 1. The van der Waals surface area contributed by atoms with Gasteiger partial charge in [-0.3, -0.25) is 14.4 Å². The van der Waals surface area contributed by atoms with E-state index >= 15 is 0 Å². The number of amides is 2. The van der Waals surface area contributed by atoms with Crippen LogP contribution in [0.2, 0.25) is 0 Å². The Labute approximate surface area is 278 Å². The minimum Gasteiger partial charge on any atom is -0.365 e. The summed E-state index contributed by atoms with van der Waals surface area (Å²) >= 11 is 1.61. The molecule has 1 aromatic heterocycles. The molecule has 236 valence electrons. The smallest absolute Gasteiger partial charge is 0.251 e.